The third-order valence-electron chi connectivity index (χ3n) is 3.85. The first-order valence-electron chi connectivity index (χ1n) is 6.17. The van der Waals surface area contributed by atoms with Gasteiger partial charge < -0.3 is 15.5 Å². The van der Waals surface area contributed by atoms with E-state index in [1.165, 1.54) is 17.4 Å². The van der Waals surface area contributed by atoms with Gasteiger partial charge in [0.2, 0.25) is 0 Å². The number of nitrogens with one attached hydrogen (secondary N) is 1. The lowest BCUT2D eigenvalue weighted by molar-refractivity contribution is 0.528. The molecule has 3 rings (SSSR count). The molecule has 1 saturated carbocycles. The maximum atomic E-state index is 11.4. The van der Waals surface area contributed by atoms with E-state index in [1.807, 2.05) is 18.2 Å². The normalized spacial score (nSPS) is 17.0. The quantitative estimate of drug-likeness (QED) is 0.853. The Kier molecular flexibility index (Phi) is 2.45. The second-order valence-corrected chi connectivity index (χ2v) is 5.17. The minimum absolute atomic E-state index is 0.289. The van der Waals surface area contributed by atoms with Crippen molar-refractivity contribution in [3.05, 3.63) is 28.7 Å². The minimum Gasteiger partial charge on any atom is -0.408 e. The molecule has 18 heavy (non-hydrogen) atoms. The maximum absolute atomic E-state index is 11.4. The van der Waals surface area contributed by atoms with Gasteiger partial charge in [-0.1, -0.05) is 0 Å². The van der Waals surface area contributed by atoms with Gasteiger partial charge in [0.15, 0.2) is 5.58 Å². The molecule has 0 atom stereocenters. The molecule has 96 valence electrons. The van der Waals surface area contributed by atoms with Crippen molar-refractivity contribution < 1.29 is 4.42 Å². The number of fused-ring (bicyclic) bond motifs is 1. The van der Waals surface area contributed by atoms with Gasteiger partial charge >= 0.3 is 5.76 Å². The van der Waals surface area contributed by atoms with Crippen LogP contribution >= 0.6 is 0 Å². The summed E-state index contributed by atoms with van der Waals surface area (Å²) in [5, 5.41) is 3.39. The molecule has 0 unspecified atom stereocenters. The fraction of sp³-hybridized carbons (Fsp3) is 0.462. The number of anilines is 1. The molecular formula is C13H17N3O2. The smallest absolute Gasteiger partial charge is 0.408 e. The van der Waals surface area contributed by atoms with Gasteiger partial charge in [-0.25, -0.2) is 4.79 Å². The van der Waals surface area contributed by atoms with Crippen LogP contribution in [0, 0.1) is 5.41 Å². The summed E-state index contributed by atoms with van der Waals surface area (Å²) in [6.45, 7) is 1.62. The average molecular weight is 247 g/mol. The topological polar surface area (TPSA) is 73.2 Å². The molecule has 0 amide bonds. The van der Waals surface area contributed by atoms with E-state index in [0.29, 0.717) is 5.58 Å². The van der Waals surface area contributed by atoms with Crippen molar-refractivity contribution in [1.82, 2.24) is 4.57 Å². The SMILES string of the molecule is Cn1c(=O)oc2ccc(NCC3(CN)CC3)cc21. The molecule has 1 aromatic carbocycles. The van der Waals surface area contributed by atoms with Crippen LogP contribution in [0.1, 0.15) is 12.8 Å². The number of hydrogen-bond donors (Lipinski definition) is 2. The number of nitrogens with two attached hydrogens (primary N) is 1. The van der Waals surface area contributed by atoms with E-state index in [2.05, 4.69) is 5.32 Å². The third-order valence-corrected chi connectivity index (χ3v) is 3.85. The van der Waals surface area contributed by atoms with Crippen molar-refractivity contribution in [2.24, 2.45) is 18.2 Å². The van der Waals surface area contributed by atoms with Gasteiger partial charge in [0, 0.05) is 19.3 Å². The van der Waals surface area contributed by atoms with Gasteiger partial charge in [0.25, 0.3) is 0 Å². The number of nitrogens with zero attached hydrogens (tertiary/aromatic N) is 1. The second-order valence-electron chi connectivity index (χ2n) is 5.17. The summed E-state index contributed by atoms with van der Waals surface area (Å²) in [5.74, 6) is -0.331. The molecule has 2 aromatic rings. The van der Waals surface area contributed by atoms with Crippen LogP contribution in [0.15, 0.2) is 27.4 Å². The number of oxazole rings is 1. The van der Waals surface area contributed by atoms with Crippen LogP contribution in [0.2, 0.25) is 0 Å². The predicted molar refractivity (Wildman–Crippen MR) is 70.7 cm³/mol. The first-order valence-corrected chi connectivity index (χ1v) is 6.17. The lowest BCUT2D eigenvalue weighted by Crippen LogP contribution is -2.24. The Hall–Kier alpha value is -1.75. The Morgan fingerprint density at radius 2 is 2.28 bits per heavy atom. The molecule has 1 aliphatic rings. The fourth-order valence-electron chi connectivity index (χ4n) is 2.16. The Labute approximate surface area is 105 Å². The summed E-state index contributed by atoms with van der Waals surface area (Å²) in [5.41, 5.74) is 8.46. The van der Waals surface area contributed by atoms with E-state index < -0.39 is 0 Å². The van der Waals surface area contributed by atoms with Crippen LogP contribution in [0.5, 0.6) is 0 Å². The van der Waals surface area contributed by atoms with Gasteiger partial charge in [0.05, 0.1) is 5.52 Å². The monoisotopic (exact) mass is 247 g/mol. The van der Waals surface area contributed by atoms with E-state index in [1.54, 1.807) is 7.05 Å². The molecule has 0 bridgehead atoms. The van der Waals surface area contributed by atoms with Crippen LogP contribution < -0.4 is 16.8 Å². The fourth-order valence-corrected chi connectivity index (χ4v) is 2.16. The first kappa shape index (κ1) is 11.3. The number of aryl methyl sites for hydroxylation is 1. The molecule has 1 aromatic heterocycles. The van der Waals surface area contributed by atoms with Gasteiger partial charge in [-0.2, -0.15) is 0 Å². The van der Waals surface area contributed by atoms with Gasteiger partial charge in [-0.15, -0.1) is 0 Å². The van der Waals surface area contributed by atoms with E-state index in [-0.39, 0.29) is 11.2 Å². The molecule has 1 aliphatic carbocycles. The lowest BCUT2D eigenvalue weighted by atomic mass is 10.1. The highest BCUT2D eigenvalue weighted by atomic mass is 16.4. The summed E-state index contributed by atoms with van der Waals surface area (Å²) >= 11 is 0. The van der Waals surface area contributed by atoms with E-state index in [9.17, 15) is 4.79 Å². The van der Waals surface area contributed by atoms with Crippen LogP contribution in [0.25, 0.3) is 11.1 Å². The van der Waals surface area contributed by atoms with Gasteiger partial charge in [-0.05, 0) is 43.0 Å². The maximum Gasteiger partial charge on any atom is 0.419 e. The van der Waals surface area contributed by atoms with Crippen molar-refractivity contribution in [2.75, 3.05) is 18.4 Å². The molecular weight excluding hydrogens is 230 g/mol. The molecule has 0 saturated heterocycles. The van der Waals surface area contributed by atoms with E-state index in [4.69, 9.17) is 10.2 Å². The standard InChI is InChI=1S/C13H17N3O2/c1-16-10-6-9(2-3-11(10)18-12(16)17)15-8-13(7-14)4-5-13/h2-3,6,15H,4-5,7-8,14H2,1H3. The van der Waals surface area contributed by atoms with E-state index in [0.717, 1.165) is 24.3 Å². The van der Waals surface area contributed by atoms with Crippen LogP contribution in [-0.2, 0) is 7.05 Å². The van der Waals surface area contributed by atoms with Crippen molar-refractivity contribution >= 4 is 16.8 Å². The Morgan fingerprint density at radius 3 is 2.94 bits per heavy atom. The van der Waals surface area contributed by atoms with Gasteiger partial charge in [-0.3, -0.25) is 4.57 Å². The zero-order valence-electron chi connectivity index (χ0n) is 10.4. The molecule has 3 N–H and O–H groups in total. The second kappa shape index (κ2) is 3.88. The number of hydrogen-bond acceptors (Lipinski definition) is 4. The summed E-state index contributed by atoms with van der Waals surface area (Å²) in [6.07, 6.45) is 2.39. The zero-order valence-corrected chi connectivity index (χ0v) is 10.4. The first-order chi connectivity index (χ1) is 8.63. The summed E-state index contributed by atoms with van der Waals surface area (Å²) < 4.78 is 6.60. The van der Waals surface area contributed by atoms with Crippen molar-refractivity contribution in [2.45, 2.75) is 12.8 Å². The Bertz CT molecular complexity index is 637. The van der Waals surface area contributed by atoms with Crippen molar-refractivity contribution in [1.29, 1.82) is 0 Å². The van der Waals surface area contributed by atoms with Crippen molar-refractivity contribution in [3.63, 3.8) is 0 Å². The molecule has 5 heteroatoms. The number of benzene rings is 1. The highest BCUT2D eigenvalue weighted by Crippen LogP contribution is 2.44. The summed E-state index contributed by atoms with van der Waals surface area (Å²) in [4.78, 5) is 11.4. The largest absolute Gasteiger partial charge is 0.419 e. The summed E-state index contributed by atoms with van der Waals surface area (Å²) in [6, 6.07) is 5.69. The molecule has 1 heterocycles. The average Bonchev–Trinajstić information content (AvgIpc) is 3.11. The number of rotatable bonds is 4. The Balaban J connectivity index is 1.84. The number of aromatic nitrogens is 1. The van der Waals surface area contributed by atoms with E-state index >= 15 is 0 Å². The predicted octanol–water partition coefficient (Wildman–Crippen LogP) is 1.28. The molecule has 0 spiro atoms. The lowest BCUT2D eigenvalue weighted by Gasteiger charge is -2.14. The third kappa shape index (κ3) is 1.80. The molecule has 0 radical (unpaired) electrons. The van der Waals surface area contributed by atoms with Crippen LogP contribution in [-0.4, -0.2) is 17.7 Å². The highest BCUT2D eigenvalue weighted by Gasteiger charge is 2.40. The van der Waals surface area contributed by atoms with Crippen molar-refractivity contribution in [3.8, 4) is 0 Å². The van der Waals surface area contributed by atoms with Crippen LogP contribution in [0.3, 0.4) is 0 Å². The van der Waals surface area contributed by atoms with Gasteiger partial charge in [0.1, 0.15) is 0 Å². The highest BCUT2D eigenvalue weighted by molar-refractivity contribution is 5.77. The molecule has 0 aliphatic heterocycles. The van der Waals surface area contributed by atoms with Crippen LogP contribution in [0.4, 0.5) is 5.69 Å². The minimum atomic E-state index is -0.331. The molecule has 1 fully saturated rings. The Morgan fingerprint density at radius 1 is 1.50 bits per heavy atom. The summed E-state index contributed by atoms with van der Waals surface area (Å²) in [7, 11) is 1.71. The molecule has 5 nitrogen and oxygen atoms in total. The zero-order chi connectivity index (χ0) is 12.8.